The van der Waals surface area contributed by atoms with Crippen molar-refractivity contribution in [2.45, 2.75) is 51.5 Å². The molecule has 3 atom stereocenters. The highest BCUT2D eigenvalue weighted by Crippen LogP contribution is 2.49. The van der Waals surface area contributed by atoms with Crippen LogP contribution in [-0.2, 0) is 4.79 Å². The van der Waals surface area contributed by atoms with Crippen LogP contribution in [-0.4, -0.2) is 24.5 Å². The molecule has 0 aromatic heterocycles. The molecule has 3 nitrogen and oxygen atoms in total. The number of amides is 1. The van der Waals surface area contributed by atoms with Gasteiger partial charge in [0.05, 0.1) is 0 Å². The summed E-state index contributed by atoms with van der Waals surface area (Å²) < 4.78 is 0. The SMILES string of the molecule is CC(C)(NC(=O)C1[C@H]2CNC[C@@H]12)C1CCCCC1. The zero-order valence-electron chi connectivity index (χ0n) is 11.7. The van der Waals surface area contributed by atoms with E-state index >= 15 is 0 Å². The third-order valence-corrected chi connectivity index (χ3v) is 5.47. The van der Waals surface area contributed by atoms with Crippen LogP contribution in [0.25, 0.3) is 0 Å². The molecule has 2 saturated carbocycles. The van der Waals surface area contributed by atoms with Gasteiger partial charge in [-0.15, -0.1) is 0 Å². The van der Waals surface area contributed by atoms with E-state index in [0.29, 0.717) is 29.6 Å². The van der Waals surface area contributed by atoms with Crippen LogP contribution in [0.5, 0.6) is 0 Å². The quantitative estimate of drug-likeness (QED) is 0.803. The number of hydrogen-bond donors (Lipinski definition) is 2. The number of rotatable bonds is 3. The molecule has 2 N–H and O–H groups in total. The highest BCUT2D eigenvalue weighted by atomic mass is 16.2. The lowest BCUT2D eigenvalue weighted by Gasteiger charge is -2.38. The van der Waals surface area contributed by atoms with Gasteiger partial charge in [-0.05, 0) is 57.5 Å². The summed E-state index contributed by atoms with van der Waals surface area (Å²) in [6.07, 6.45) is 6.61. The summed E-state index contributed by atoms with van der Waals surface area (Å²) in [4.78, 5) is 12.3. The van der Waals surface area contributed by atoms with Crippen molar-refractivity contribution in [1.82, 2.24) is 10.6 Å². The van der Waals surface area contributed by atoms with Crippen molar-refractivity contribution in [1.29, 1.82) is 0 Å². The number of hydrogen-bond acceptors (Lipinski definition) is 2. The summed E-state index contributed by atoms with van der Waals surface area (Å²) in [6, 6.07) is 0. The van der Waals surface area contributed by atoms with Crippen LogP contribution in [0.3, 0.4) is 0 Å². The Morgan fingerprint density at radius 3 is 2.33 bits per heavy atom. The lowest BCUT2D eigenvalue weighted by atomic mass is 9.76. The summed E-state index contributed by atoms with van der Waals surface area (Å²) in [5.74, 6) is 2.57. The average molecular weight is 250 g/mol. The maximum atomic E-state index is 12.3. The normalized spacial score (nSPS) is 36.2. The number of carbonyl (C=O) groups is 1. The van der Waals surface area contributed by atoms with Gasteiger partial charge in [-0.3, -0.25) is 4.79 Å². The van der Waals surface area contributed by atoms with Gasteiger partial charge in [0.15, 0.2) is 0 Å². The first kappa shape index (κ1) is 12.5. The zero-order valence-corrected chi connectivity index (χ0v) is 11.7. The Morgan fingerprint density at radius 2 is 1.72 bits per heavy atom. The second-order valence-corrected chi connectivity index (χ2v) is 7.06. The van der Waals surface area contributed by atoms with Crippen LogP contribution in [0, 0.1) is 23.7 Å². The van der Waals surface area contributed by atoms with Crippen LogP contribution in [0.2, 0.25) is 0 Å². The summed E-state index contributed by atoms with van der Waals surface area (Å²) in [5.41, 5.74) is -0.0121. The van der Waals surface area contributed by atoms with Crippen LogP contribution in [0.4, 0.5) is 0 Å². The Hall–Kier alpha value is -0.570. The maximum Gasteiger partial charge on any atom is 0.224 e. The second kappa shape index (κ2) is 4.52. The third-order valence-electron chi connectivity index (χ3n) is 5.47. The van der Waals surface area contributed by atoms with Crippen LogP contribution in [0.15, 0.2) is 0 Å². The van der Waals surface area contributed by atoms with E-state index in [0.717, 1.165) is 13.1 Å². The minimum atomic E-state index is -0.0121. The molecule has 1 amide bonds. The number of carbonyl (C=O) groups excluding carboxylic acids is 1. The van der Waals surface area contributed by atoms with Gasteiger partial charge in [0.25, 0.3) is 0 Å². The molecule has 0 aromatic rings. The van der Waals surface area contributed by atoms with Gasteiger partial charge in [-0.2, -0.15) is 0 Å². The molecule has 1 saturated heterocycles. The predicted octanol–water partition coefficient (Wildman–Crippen LogP) is 1.93. The fourth-order valence-electron chi connectivity index (χ4n) is 4.13. The molecule has 0 spiro atoms. The van der Waals surface area contributed by atoms with Crippen molar-refractivity contribution < 1.29 is 4.79 Å². The molecule has 0 radical (unpaired) electrons. The van der Waals surface area contributed by atoms with Crippen molar-refractivity contribution >= 4 is 5.91 Å². The molecule has 1 aliphatic heterocycles. The Labute approximate surface area is 110 Å². The Balaban J connectivity index is 1.56. The van der Waals surface area contributed by atoms with Gasteiger partial charge in [0.2, 0.25) is 5.91 Å². The van der Waals surface area contributed by atoms with E-state index in [2.05, 4.69) is 24.5 Å². The molecule has 0 bridgehead atoms. The molecule has 3 rings (SSSR count). The Kier molecular flexibility index (Phi) is 3.13. The first-order chi connectivity index (χ1) is 8.59. The molecule has 1 unspecified atom stereocenters. The third kappa shape index (κ3) is 2.18. The molecule has 3 heteroatoms. The standard InChI is InChI=1S/C15H26N2O/c1-15(2,10-6-4-3-5-7-10)17-14(18)13-11-8-16-9-12(11)13/h10-13,16H,3-9H2,1-2H3,(H,17,18)/t11-,12+,13?. The van der Waals surface area contributed by atoms with Crippen LogP contribution in [0.1, 0.15) is 46.0 Å². The zero-order chi connectivity index (χ0) is 12.8. The van der Waals surface area contributed by atoms with Crippen LogP contribution >= 0.6 is 0 Å². The first-order valence-electron chi connectivity index (χ1n) is 7.62. The summed E-state index contributed by atoms with van der Waals surface area (Å²) in [5, 5.41) is 6.70. The molecule has 1 heterocycles. The van der Waals surface area contributed by atoms with Crippen molar-refractivity contribution in [2.75, 3.05) is 13.1 Å². The minimum absolute atomic E-state index is 0.0121. The largest absolute Gasteiger partial charge is 0.351 e. The molecular formula is C15H26N2O. The second-order valence-electron chi connectivity index (χ2n) is 7.06. The van der Waals surface area contributed by atoms with E-state index in [9.17, 15) is 4.79 Å². The Morgan fingerprint density at radius 1 is 1.11 bits per heavy atom. The molecule has 2 aliphatic carbocycles. The summed E-state index contributed by atoms with van der Waals surface area (Å²) >= 11 is 0. The molecule has 3 fully saturated rings. The summed E-state index contributed by atoms with van der Waals surface area (Å²) in [6.45, 7) is 6.54. The topological polar surface area (TPSA) is 41.1 Å². The lowest BCUT2D eigenvalue weighted by Crippen LogP contribution is -2.50. The van der Waals surface area contributed by atoms with Gasteiger partial charge in [-0.25, -0.2) is 0 Å². The molecule has 0 aromatic carbocycles. The smallest absolute Gasteiger partial charge is 0.224 e. The van der Waals surface area contributed by atoms with E-state index in [1.807, 2.05) is 0 Å². The lowest BCUT2D eigenvalue weighted by molar-refractivity contribution is -0.125. The molecular weight excluding hydrogens is 224 g/mol. The van der Waals surface area contributed by atoms with Crippen molar-refractivity contribution in [3.8, 4) is 0 Å². The monoisotopic (exact) mass is 250 g/mol. The molecule has 3 aliphatic rings. The van der Waals surface area contributed by atoms with E-state index in [4.69, 9.17) is 0 Å². The van der Waals surface area contributed by atoms with Crippen LogP contribution < -0.4 is 10.6 Å². The van der Waals surface area contributed by atoms with E-state index < -0.39 is 0 Å². The van der Waals surface area contributed by atoms with Crippen molar-refractivity contribution in [3.05, 3.63) is 0 Å². The highest BCUT2D eigenvalue weighted by Gasteiger charge is 2.57. The van der Waals surface area contributed by atoms with Crippen molar-refractivity contribution in [2.24, 2.45) is 23.7 Å². The molecule has 102 valence electrons. The minimum Gasteiger partial charge on any atom is -0.351 e. The maximum absolute atomic E-state index is 12.3. The van der Waals surface area contributed by atoms with E-state index in [1.54, 1.807) is 0 Å². The van der Waals surface area contributed by atoms with Gasteiger partial charge >= 0.3 is 0 Å². The molecule has 18 heavy (non-hydrogen) atoms. The predicted molar refractivity (Wildman–Crippen MR) is 72.1 cm³/mol. The van der Waals surface area contributed by atoms with E-state index in [-0.39, 0.29) is 5.54 Å². The first-order valence-corrected chi connectivity index (χ1v) is 7.62. The van der Waals surface area contributed by atoms with Crippen molar-refractivity contribution in [3.63, 3.8) is 0 Å². The van der Waals surface area contributed by atoms with E-state index in [1.165, 1.54) is 32.1 Å². The van der Waals surface area contributed by atoms with Gasteiger partial charge < -0.3 is 10.6 Å². The number of fused-ring (bicyclic) bond motifs is 1. The summed E-state index contributed by atoms with van der Waals surface area (Å²) in [7, 11) is 0. The number of nitrogens with one attached hydrogen (secondary N) is 2. The average Bonchev–Trinajstić information content (AvgIpc) is 2.85. The van der Waals surface area contributed by atoms with Gasteiger partial charge in [-0.1, -0.05) is 19.3 Å². The van der Waals surface area contributed by atoms with Gasteiger partial charge in [0, 0.05) is 11.5 Å². The van der Waals surface area contributed by atoms with Gasteiger partial charge in [0.1, 0.15) is 0 Å². The fraction of sp³-hybridized carbons (Fsp3) is 0.933. The number of piperidine rings is 1. The highest BCUT2D eigenvalue weighted by molar-refractivity contribution is 5.83. The Bertz CT molecular complexity index is 323. The fourth-order valence-corrected chi connectivity index (χ4v) is 4.13.